The standard InChI is InChI=1S/C15H13BrN2O2/c1-9-5-6-10(16)7-13(9)19-8-14-18-15-11(17)3-2-4-12(15)20-14/h2-7H,8,17H2,1H3. The van der Waals surface area contributed by atoms with Gasteiger partial charge in [-0.2, -0.15) is 0 Å². The van der Waals surface area contributed by atoms with Crippen molar-refractivity contribution in [2.24, 2.45) is 0 Å². The number of hydrogen-bond donors (Lipinski definition) is 1. The molecule has 0 bridgehead atoms. The molecule has 0 saturated heterocycles. The van der Waals surface area contributed by atoms with E-state index in [0.717, 1.165) is 15.8 Å². The van der Waals surface area contributed by atoms with E-state index < -0.39 is 0 Å². The van der Waals surface area contributed by atoms with E-state index in [2.05, 4.69) is 20.9 Å². The first kappa shape index (κ1) is 13.0. The largest absolute Gasteiger partial charge is 0.484 e. The second-order valence-electron chi connectivity index (χ2n) is 4.50. The summed E-state index contributed by atoms with van der Waals surface area (Å²) in [7, 11) is 0. The first-order chi connectivity index (χ1) is 9.63. The molecular formula is C15H13BrN2O2. The van der Waals surface area contributed by atoms with Gasteiger partial charge in [-0.25, -0.2) is 4.98 Å². The Hall–Kier alpha value is -2.01. The van der Waals surface area contributed by atoms with Gasteiger partial charge in [0.05, 0.1) is 5.69 Å². The highest BCUT2D eigenvalue weighted by Crippen LogP contribution is 2.25. The molecule has 0 atom stereocenters. The Bertz CT molecular complexity index is 768. The minimum atomic E-state index is 0.269. The Kier molecular flexibility index (Phi) is 3.36. The maximum Gasteiger partial charge on any atom is 0.233 e. The molecule has 0 amide bonds. The molecule has 3 rings (SSSR count). The predicted octanol–water partition coefficient (Wildman–Crippen LogP) is 4.06. The first-order valence-electron chi connectivity index (χ1n) is 6.16. The number of nitrogens with two attached hydrogens (primary N) is 1. The Morgan fingerprint density at radius 1 is 1.30 bits per heavy atom. The van der Waals surface area contributed by atoms with Gasteiger partial charge < -0.3 is 14.9 Å². The lowest BCUT2D eigenvalue weighted by Crippen LogP contribution is -1.97. The molecule has 4 nitrogen and oxygen atoms in total. The number of halogens is 1. The van der Waals surface area contributed by atoms with Gasteiger partial charge in [-0.1, -0.05) is 28.1 Å². The number of hydrogen-bond acceptors (Lipinski definition) is 4. The molecule has 0 unspecified atom stereocenters. The van der Waals surface area contributed by atoms with Gasteiger partial charge >= 0.3 is 0 Å². The van der Waals surface area contributed by atoms with Crippen molar-refractivity contribution in [1.29, 1.82) is 0 Å². The summed E-state index contributed by atoms with van der Waals surface area (Å²) >= 11 is 3.42. The van der Waals surface area contributed by atoms with Crippen molar-refractivity contribution in [3.8, 4) is 5.75 Å². The summed E-state index contributed by atoms with van der Waals surface area (Å²) in [5.41, 5.74) is 8.87. The second kappa shape index (κ2) is 5.17. The van der Waals surface area contributed by atoms with Gasteiger partial charge in [-0.05, 0) is 36.8 Å². The fraction of sp³-hybridized carbons (Fsp3) is 0.133. The first-order valence-corrected chi connectivity index (χ1v) is 6.95. The molecule has 102 valence electrons. The molecule has 0 aliphatic heterocycles. The van der Waals surface area contributed by atoms with Crippen molar-refractivity contribution < 1.29 is 9.15 Å². The molecular weight excluding hydrogens is 320 g/mol. The number of benzene rings is 2. The molecule has 0 spiro atoms. The van der Waals surface area contributed by atoms with Gasteiger partial charge in [0.1, 0.15) is 11.3 Å². The highest BCUT2D eigenvalue weighted by Gasteiger charge is 2.09. The third kappa shape index (κ3) is 2.49. The third-order valence-electron chi connectivity index (χ3n) is 3.00. The van der Waals surface area contributed by atoms with Crippen LogP contribution in [0.3, 0.4) is 0 Å². The zero-order valence-electron chi connectivity index (χ0n) is 10.9. The molecule has 1 heterocycles. The fourth-order valence-electron chi connectivity index (χ4n) is 1.95. The van der Waals surface area contributed by atoms with Crippen LogP contribution in [0.5, 0.6) is 5.75 Å². The molecule has 1 aromatic heterocycles. The van der Waals surface area contributed by atoms with Crippen LogP contribution in [0.2, 0.25) is 0 Å². The highest BCUT2D eigenvalue weighted by molar-refractivity contribution is 9.10. The van der Waals surface area contributed by atoms with Crippen molar-refractivity contribution in [2.45, 2.75) is 13.5 Å². The summed E-state index contributed by atoms with van der Waals surface area (Å²) in [6.45, 7) is 2.26. The Labute approximate surface area is 124 Å². The van der Waals surface area contributed by atoms with E-state index in [-0.39, 0.29) is 6.61 Å². The quantitative estimate of drug-likeness (QED) is 0.734. The minimum Gasteiger partial charge on any atom is -0.484 e. The topological polar surface area (TPSA) is 61.3 Å². The summed E-state index contributed by atoms with van der Waals surface area (Å²) < 4.78 is 12.3. The maximum absolute atomic E-state index is 5.85. The highest BCUT2D eigenvalue weighted by atomic mass is 79.9. The number of rotatable bonds is 3. The maximum atomic E-state index is 5.85. The van der Waals surface area contributed by atoms with Gasteiger partial charge in [0.2, 0.25) is 5.89 Å². The van der Waals surface area contributed by atoms with E-state index in [9.17, 15) is 0 Å². The van der Waals surface area contributed by atoms with Gasteiger partial charge in [0, 0.05) is 4.47 Å². The summed E-state index contributed by atoms with van der Waals surface area (Å²) in [6.07, 6.45) is 0. The van der Waals surface area contributed by atoms with E-state index in [4.69, 9.17) is 14.9 Å². The third-order valence-corrected chi connectivity index (χ3v) is 3.49. The Morgan fingerprint density at radius 2 is 2.15 bits per heavy atom. The van der Waals surface area contributed by atoms with Crippen LogP contribution in [0.1, 0.15) is 11.5 Å². The van der Waals surface area contributed by atoms with Crippen LogP contribution in [-0.2, 0) is 6.61 Å². The molecule has 2 aromatic carbocycles. The van der Waals surface area contributed by atoms with E-state index in [0.29, 0.717) is 22.7 Å². The van der Waals surface area contributed by atoms with Crippen LogP contribution >= 0.6 is 15.9 Å². The number of aryl methyl sites for hydroxylation is 1. The van der Waals surface area contributed by atoms with Crippen molar-refractivity contribution in [3.05, 3.63) is 52.3 Å². The Morgan fingerprint density at radius 3 is 2.95 bits per heavy atom. The van der Waals surface area contributed by atoms with Gasteiger partial charge in [-0.3, -0.25) is 0 Å². The van der Waals surface area contributed by atoms with E-state index in [1.165, 1.54) is 0 Å². The molecule has 2 N–H and O–H groups in total. The lowest BCUT2D eigenvalue weighted by molar-refractivity contribution is 0.265. The number of oxazole rings is 1. The van der Waals surface area contributed by atoms with Crippen LogP contribution in [-0.4, -0.2) is 4.98 Å². The monoisotopic (exact) mass is 332 g/mol. The number of nitrogens with zero attached hydrogens (tertiary/aromatic N) is 1. The molecule has 20 heavy (non-hydrogen) atoms. The summed E-state index contributed by atoms with van der Waals surface area (Å²) in [5.74, 6) is 1.31. The molecule has 5 heteroatoms. The number of fused-ring (bicyclic) bond motifs is 1. The van der Waals surface area contributed by atoms with E-state index in [1.54, 1.807) is 6.07 Å². The summed E-state index contributed by atoms with van der Waals surface area (Å²) in [5, 5.41) is 0. The lowest BCUT2D eigenvalue weighted by atomic mass is 10.2. The van der Waals surface area contributed by atoms with Crippen LogP contribution in [0, 0.1) is 6.92 Å². The SMILES string of the molecule is Cc1ccc(Br)cc1OCc1nc2c(N)cccc2o1. The Balaban J connectivity index is 1.83. The zero-order chi connectivity index (χ0) is 14.1. The average molecular weight is 333 g/mol. The van der Waals surface area contributed by atoms with E-state index >= 15 is 0 Å². The fourth-order valence-corrected chi connectivity index (χ4v) is 2.29. The number of nitrogen functional groups attached to an aromatic ring is 1. The molecule has 0 aliphatic carbocycles. The summed E-state index contributed by atoms with van der Waals surface area (Å²) in [4.78, 5) is 4.35. The number of aromatic nitrogens is 1. The molecule has 0 fully saturated rings. The average Bonchev–Trinajstić information content (AvgIpc) is 2.84. The van der Waals surface area contributed by atoms with Crippen molar-refractivity contribution in [3.63, 3.8) is 0 Å². The summed E-state index contributed by atoms with van der Waals surface area (Å²) in [6, 6.07) is 11.4. The second-order valence-corrected chi connectivity index (χ2v) is 5.42. The van der Waals surface area contributed by atoms with E-state index in [1.807, 2.05) is 37.3 Å². The lowest BCUT2D eigenvalue weighted by Gasteiger charge is -2.07. The zero-order valence-corrected chi connectivity index (χ0v) is 12.5. The normalized spacial score (nSPS) is 10.9. The van der Waals surface area contributed by atoms with Gasteiger partial charge in [-0.15, -0.1) is 0 Å². The van der Waals surface area contributed by atoms with Crippen LogP contribution in [0.25, 0.3) is 11.1 Å². The van der Waals surface area contributed by atoms with Crippen molar-refractivity contribution in [1.82, 2.24) is 4.98 Å². The molecule has 0 radical (unpaired) electrons. The molecule has 3 aromatic rings. The predicted molar refractivity (Wildman–Crippen MR) is 81.6 cm³/mol. The number of anilines is 1. The van der Waals surface area contributed by atoms with Gasteiger partial charge in [0.15, 0.2) is 12.2 Å². The molecule has 0 aliphatic rings. The van der Waals surface area contributed by atoms with Crippen LogP contribution < -0.4 is 10.5 Å². The van der Waals surface area contributed by atoms with Crippen molar-refractivity contribution >= 4 is 32.7 Å². The minimum absolute atomic E-state index is 0.269. The van der Waals surface area contributed by atoms with Crippen molar-refractivity contribution in [2.75, 3.05) is 5.73 Å². The van der Waals surface area contributed by atoms with Gasteiger partial charge in [0.25, 0.3) is 0 Å². The smallest absolute Gasteiger partial charge is 0.233 e. The number of para-hydroxylation sites is 1. The molecule has 0 saturated carbocycles. The van der Waals surface area contributed by atoms with Crippen LogP contribution in [0.4, 0.5) is 5.69 Å². The number of ether oxygens (including phenoxy) is 1. The van der Waals surface area contributed by atoms with Crippen LogP contribution in [0.15, 0.2) is 45.3 Å².